The Morgan fingerprint density at radius 3 is 2.60 bits per heavy atom. The van der Waals surface area contributed by atoms with E-state index in [1.807, 2.05) is 0 Å². The van der Waals surface area contributed by atoms with Crippen LogP contribution in [-0.2, 0) is 14.4 Å². The zero-order valence-corrected chi connectivity index (χ0v) is 12.1. The Morgan fingerprint density at radius 2 is 2.00 bits per heavy atom. The topological polar surface area (TPSA) is 73.9 Å². The van der Waals surface area contributed by atoms with Crippen LogP contribution in [0.1, 0.15) is 31.1 Å². The van der Waals surface area contributed by atoms with Gasteiger partial charge in [0.05, 0.1) is 13.7 Å². The third kappa shape index (κ3) is 4.24. The van der Waals surface area contributed by atoms with Gasteiger partial charge >= 0.3 is 5.97 Å². The van der Waals surface area contributed by atoms with Crippen LogP contribution in [-0.4, -0.2) is 31.2 Å². The average molecular weight is 281 g/mol. The molecule has 0 fully saturated rings. The van der Waals surface area contributed by atoms with Crippen LogP contribution >= 0.6 is 0 Å². The maximum atomic E-state index is 11.9. The van der Waals surface area contributed by atoms with Crippen molar-refractivity contribution in [1.29, 1.82) is 0 Å². The summed E-state index contributed by atoms with van der Waals surface area (Å²) in [6, 6.07) is 6.58. The first-order chi connectivity index (χ1) is 9.40. The Labute approximate surface area is 118 Å². The van der Waals surface area contributed by atoms with E-state index >= 15 is 0 Å². The number of nitrogens with one attached hydrogen (secondary N) is 1. The second kappa shape index (κ2) is 6.91. The molecule has 1 aromatic carbocycles. The number of rotatable bonds is 6. The molecule has 0 aliphatic rings. The fourth-order valence-electron chi connectivity index (χ4n) is 1.34. The second-order valence-electron chi connectivity index (χ2n) is 4.50. The number of carbonyl (C=O) groups is 2. The van der Waals surface area contributed by atoms with Gasteiger partial charge in [0, 0.05) is 5.56 Å². The lowest BCUT2D eigenvalue weighted by atomic mass is 10.1. The number of carbonyl (C=O) groups excluding carboxylic acids is 2. The monoisotopic (exact) mass is 281 g/mol. The number of benzene rings is 1. The quantitative estimate of drug-likeness (QED) is 0.634. The van der Waals surface area contributed by atoms with E-state index in [-0.39, 0.29) is 6.61 Å². The molecule has 0 unspecified atom stereocenters. The first kappa shape index (κ1) is 16.0. The van der Waals surface area contributed by atoms with Crippen molar-refractivity contribution >= 4 is 11.9 Å². The first-order valence-electron chi connectivity index (χ1n) is 6.20. The van der Waals surface area contributed by atoms with Crippen LogP contribution in [0.25, 0.3) is 0 Å². The molecule has 0 spiro atoms. The van der Waals surface area contributed by atoms with Gasteiger partial charge in [-0.05, 0) is 39.0 Å². The predicted molar refractivity (Wildman–Crippen MR) is 72.3 cm³/mol. The van der Waals surface area contributed by atoms with E-state index in [2.05, 4.69) is 5.48 Å². The summed E-state index contributed by atoms with van der Waals surface area (Å²) in [7, 11) is 1.51. The Morgan fingerprint density at radius 1 is 1.30 bits per heavy atom. The van der Waals surface area contributed by atoms with Crippen molar-refractivity contribution in [2.24, 2.45) is 0 Å². The average Bonchev–Trinajstić information content (AvgIpc) is 2.45. The summed E-state index contributed by atoms with van der Waals surface area (Å²) in [5.74, 6) is -0.463. The third-order valence-electron chi connectivity index (χ3n) is 2.50. The van der Waals surface area contributed by atoms with Crippen molar-refractivity contribution in [2.45, 2.75) is 26.4 Å². The summed E-state index contributed by atoms with van der Waals surface area (Å²) < 4.78 is 9.87. The lowest BCUT2D eigenvalue weighted by Gasteiger charge is -2.22. The lowest BCUT2D eigenvalue weighted by molar-refractivity contribution is -0.173. The fourth-order valence-corrected chi connectivity index (χ4v) is 1.34. The molecule has 20 heavy (non-hydrogen) atoms. The van der Waals surface area contributed by atoms with Crippen LogP contribution in [0.2, 0.25) is 0 Å². The van der Waals surface area contributed by atoms with Crippen LogP contribution in [0.3, 0.4) is 0 Å². The van der Waals surface area contributed by atoms with Gasteiger partial charge in [-0.1, -0.05) is 6.07 Å². The Hall–Kier alpha value is -2.08. The van der Waals surface area contributed by atoms with Gasteiger partial charge in [0.2, 0.25) is 0 Å². The molecule has 0 heterocycles. The molecule has 110 valence electrons. The second-order valence-corrected chi connectivity index (χ2v) is 4.50. The molecule has 1 N–H and O–H groups in total. The van der Waals surface area contributed by atoms with Gasteiger partial charge in [-0.25, -0.2) is 10.3 Å². The number of hydroxylamine groups is 1. The number of hydrogen-bond donors (Lipinski definition) is 1. The molecule has 0 radical (unpaired) electrons. The molecule has 0 aromatic heterocycles. The molecule has 6 nitrogen and oxygen atoms in total. The summed E-state index contributed by atoms with van der Waals surface area (Å²) >= 11 is 0. The molecule has 1 rings (SSSR count). The molecule has 1 amide bonds. The number of ether oxygens (including phenoxy) is 2. The smallest absolute Gasteiger partial charge is 0.340 e. The lowest BCUT2D eigenvalue weighted by Crippen LogP contribution is -2.43. The zero-order valence-electron chi connectivity index (χ0n) is 12.1. The van der Waals surface area contributed by atoms with Crippen LogP contribution in [0.15, 0.2) is 24.3 Å². The van der Waals surface area contributed by atoms with Gasteiger partial charge in [0.25, 0.3) is 5.91 Å². The molecule has 6 heteroatoms. The summed E-state index contributed by atoms with van der Waals surface area (Å²) in [6.45, 7) is 4.96. The van der Waals surface area contributed by atoms with E-state index in [1.165, 1.54) is 21.0 Å². The van der Waals surface area contributed by atoms with Gasteiger partial charge in [0.15, 0.2) is 5.60 Å². The van der Waals surface area contributed by atoms with Crippen LogP contribution in [0.4, 0.5) is 0 Å². The third-order valence-corrected chi connectivity index (χ3v) is 2.50. The van der Waals surface area contributed by atoms with Crippen molar-refractivity contribution in [2.75, 3.05) is 13.7 Å². The Kier molecular flexibility index (Phi) is 5.52. The number of esters is 1. The van der Waals surface area contributed by atoms with E-state index in [0.717, 1.165) is 0 Å². The van der Waals surface area contributed by atoms with E-state index < -0.39 is 17.5 Å². The maximum Gasteiger partial charge on any atom is 0.340 e. The van der Waals surface area contributed by atoms with Gasteiger partial charge in [-0.3, -0.25) is 9.63 Å². The highest BCUT2D eigenvalue weighted by molar-refractivity contribution is 5.94. The Bertz CT molecular complexity index is 484. The minimum Gasteiger partial charge on any atom is -0.497 e. The highest BCUT2D eigenvalue weighted by Gasteiger charge is 2.31. The van der Waals surface area contributed by atoms with Gasteiger partial charge in [-0.2, -0.15) is 0 Å². The van der Waals surface area contributed by atoms with Gasteiger partial charge < -0.3 is 9.47 Å². The van der Waals surface area contributed by atoms with Crippen molar-refractivity contribution in [3.05, 3.63) is 29.8 Å². The molecular weight excluding hydrogens is 262 g/mol. The minimum atomic E-state index is -1.26. The summed E-state index contributed by atoms with van der Waals surface area (Å²) in [5, 5.41) is 0. The van der Waals surface area contributed by atoms with E-state index in [1.54, 1.807) is 31.2 Å². The standard InChI is InChI=1S/C14H19NO5/c1-5-19-13(17)14(2,3)20-15-12(16)10-7-6-8-11(9-10)18-4/h6-9H,5H2,1-4H3,(H,15,16). The molecule has 0 atom stereocenters. The van der Waals surface area contributed by atoms with E-state index in [4.69, 9.17) is 14.3 Å². The maximum absolute atomic E-state index is 11.9. The fraction of sp³-hybridized carbons (Fsp3) is 0.429. The van der Waals surface area contributed by atoms with Crippen molar-refractivity contribution in [3.8, 4) is 5.75 Å². The number of amides is 1. The van der Waals surface area contributed by atoms with Crippen LogP contribution in [0.5, 0.6) is 5.75 Å². The Balaban J connectivity index is 2.64. The summed E-state index contributed by atoms with van der Waals surface area (Å²) in [4.78, 5) is 28.6. The van der Waals surface area contributed by atoms with Crippen LogP contribution in [0, 0.1) is 0 Å². The van der Waals surface area contributed by atoms with Crippen LogP contribution < -0.4 is 10.2 Å². The minimum absolute atomic E-state index is 0.245. The van der Waals surface area contributed by atoms with Crippen molar-refractivity contribution < 1.29 is 23.9 Å². The van der Waals surface area contributed by atoms with Gasteiger partial charge in [0.1, 0.15) is 5.75 Å². The van der Waals surface area contributed by atoms with Gasteiger partial charge in [-0.15, -0.1) is 0 Å². The SMILES string of the molecule is CCOC(=O)C(C)(C)ONC(=O)c1cccc(OC)c1. The van der Waals surface area contributed by atoms with Crippen molar-refractivity contribution in [1.82, 2.24) is 5.48 Å². The number of methoxy groups -OCH3 is 1. The highest BCUT2D eigenvalue weighted by atomic mass is 16.7. The molecular formula is C14H19NO5. The molecule has 0 saturated carbocycles. The largest absolute Gasteiger partial charge is 0.497 e. The van der Waals surface area contributed by atoms with E-state index in [9.17, 15) is 9.59 Å². The van der Waals surface area contributed by atoms with Crippen molar-refractivity contribution in [3.63, 3.8) is 0 Å². The van der Waals surface area contributed by atoms with E-state index in [0.29, 0.717) is 11.3 Å². The molecule has 0 aliphatic heterocycles. The summed E-state index contributed by atoms with van der Waals surface area (Å²) in [6.07, 6.45) is 0. The molecule has 0 saturated heterocycles. The number of hydrogen-bond acceptors (Lipinski definition) is 5. The molecule has 0 bridgehead atoms. The normalized spacial score (nSPS) is 10.8. The molecule has 0 aliphatic carbocycles. The predicted octanol–water partition coefficient (Wildman–Crippen LogP) is 1.70. The first-order valence-corrected chi connectivity index (χ1v) is 6.20. The zero-order chi connectivity index (χ0) is 15.2. The highest BCUT2D eigenvalue weighted by Crippen LogP contribution is 2.14. The molecule has 1 aromatic rings. The summed E-state index contributed by atoms with van der Waals surface area (Å²) in [5.41, 5.74) is 1.34.